The number of nitrogens with zero attached hydrogens (tertiary/aromatic N) is 1. The zero-order chi connectivity index (χ0) is 23.7. The number of ether oxygens (including phenoxy) is 1. The number of alkyl halides is 2. The molecule has 0 saturated heterocycles. The second-order valence-electron chi connectivity index (χ2n) is 7.01. The zero-order valence-corrected chi connectivity index (χ0v) is 19.4. The molecule has 0 aliphatic carbocycles. The first-order valence-electron chi connectivity index (χ1n) is 9.96. The third-order valence-corrected chi connectivity index (χ3v) is 5.10. The Hall–Kier alpha value is -2.59. The average molecular weight is 515 g/mol. The van der Waals surface area contributed by atoms with Gasteiger partial charge in [0.15, 0.2) is 5.96 Å². The van der Waals surface area contributed by atoms with Gasteiger partial charge in [-0.15, -0.1) is 0 Å². The highest BCUT2D eigenvalue weighted by atomic mass is 79.9. The van der Waals surface area contributed by atoms with Gasteiger partial charge in [-0.25, -0.2) is 18.2 Å². The van der Waals surface area contributed by atoms with Crippen LogP contribution in [0.15, 0.2) is 45.9 Å². The Balaban J connectivity index is 2.14. The number of halogens is 4. The second kappa shape index (κ2) is 11.9. The van der Waals surface area contributed by atoms with Gasteiger partial charge in [0.1, 0.15) is 18.1 Å². The van der Waals surface area contributed by atoms with Gasteiger partial charge < -0.3 is 15.8 Å². The monoisotopic (exact) mass is 514 g/mol. The van der Waals surface area contributed by atoms with Crippen molar-refractivity contribution in [2.24, 2.45) is 10.7 Å². The Morgan fingerprint density at radius 1 is 1.25 bits per heavy atom. The number of aliphatic imine (C=N–C) groups is 1. The minimum atomic E-state index is -3.11. The van der Waals surface area contributed by atoms with Gasteiger partial charge in [-0.1, -0.05) is 28.9 Å². The molecule has 2 aromatic rings. The maximum absolute atomic E-state index is 14.5. The largest absolute Gasteiger partial charge is 0.496 e. The van der Waals surface area contributed by atoms with Gasteiger partial charge in [0.2, 0.25) is 0 Å². The van der Waals surface area contributed by atoms with Gasteiger partial charge in [0.05, 0.1) is 13.7 Å². The van der Waals surface area contributed by atoms with E-state index in [-0.39, 0.29) is 17.5 Å². The molecule has 0 fully saturated rings. The third-order valence-electron chi connectivity index (χ3n) is 4.61. The van der Waals surface area contributed by atoms with Crippen molar-refractivity contribution in [3.8, 4) is 5.75 Å². The number of guanidine groups is 1. The minimum absolute atomic E-state index is 0.0523. The van der Waals surface area contributed by atoms with Crippen molar-refractivity contribution in [3.05, 3.63) is 63.4 Å². The van der Waals surface area contributed by atoms with Crippen LogP contribution in [0.5, 0.6) is 5.75 Å². The van der Waals surface area contributed by atoms with Crippen molar-refractivity contribution in [2.45, 2.75) is 25.7 Å². The molecular formula is C22H26BrF3N4O2. The van der Waals surface area contributed by atoms with E-state index >= 15 is 0 Å². The molecular weight excluding hydrogens is 489 g/mol. The molecule has 2 aromatic carbocycles. The Kier molecular flexibility index (Phi) is 9.52. The highest BCUT2D eigenvalue weighted by Crippen LogP contribution is 2.25. The van der Waals surface area contributed by atoms with Crippen molar-refractivity contribution >= 4 is 27.8 Å². The van der Waals surface area contributed by atoms with Crippen molar-refractivity contribution < 1.29 is 22.7 Å². The summed E-state index contributed by atoms with van der Waals surface area (Å²) in [5, 5.41) is 4.79. The van der Waals surface area contributed by atoms with E-state index in [9.17, 15) is 18.0 Å². The van der Waals surface area contributed by atoms with Crippen LogP contribution >= 0.6 is 15.9 Å². The summed E-state index contributed by atoms with van der Waals surface area (Å²) in [5.41, 5.74) is 6.67. The lowest BCUT2D eigenvalue weighted by Crippen LogP contribution is -2.40. The van der Waals surface area contributed by atoms with Crippen molar-refractivity contribution in [1.29, 1.82) is 0 Å². The molecule has 0 bridgehead atoms. The fourth-order valence-electron chi connectivity index (χ4n) is 3.02. The van der Waals surface area contributed by atoms with Gasteiger partial charge in [0.25, 0.3) is 11.8 Å². The van der Waals surface area contributed by atoms with E-state index in [0.29, 0.717) is 18.7 Å². The zero-order valence-electron chi connectivity index (χ0n) is 17.9. The van der Waals surface area contributed by atoms with Crippen LogP contribution in [-0.4, -0.2) is 44.5 Å². The Labute approximate surface area is 193 Å². The summed E-state index contributed by atoms with van der Waals surface area (Å²) in [6.45, 7) is 0.656. The number of nitrogens with one attached hydrogen (secondary N) is 2. The quantitative estimate of drug-likeness (QED) is 0.333. The maximum atomic E-state index is 14.5. The van der Waals surface area contributed by atoms with Crippen LogP contribution in [0.2, 0.25) is 0 Å². The summed E-state index contributed by atoms with van der Waals surface area (Å²) in [5.74, 6) is -4.21. The summed E-state index contributed by atoms with van der Waals surface area (Å²) in [6, 6.07) is 9.57. The van der Waals surface area contributed by atoms with Gasteiger partial charge in [-0.05, 0) is 55.3 Å². The molecule has 4 N–H and O–H groups in total. The van der Waals surface area contributed by atoms with Crippen molar-refractivity contribution in [3.63, 3.8) is 0 Å². The molecule has 32 heavy (non-hydrogen) atoms. The van der Waals surface area contributed by atoms with E-state index in [2.05, 4.69) is 31.6 Å². The van der Waals surface area contributed by atoms with Crippen LogP contribution in [0.4, 0.5) is 13.2 Å². The lowest BCUT2D eigenvalue weighted by Gasteiger charge is -2.15. The van der Waals surface area contributed by atoms with Gasteiger partial charge in [0, 0.05) is 15.6 Å². The first-order valence-corrected chi connectivity index (χ1v) is 10.8. The molecule has 0 saturated carbocycles. The Morgan fingerprint density at radius 2 is 2.00 bits per heavy atom. The van der Waals surface area contributed by atoms with Crippen LogP contribution in [0.1, 0.15) is 28.4 Å². The number of rotatable bonds is 10. The van der Waals surface area contributed by atoms with E-state index in [1.54, 1.807) is 20.1 Å². The van der Waals surface area contributed by atoms with Crippen LogP contribution in [0, 0.1) is 5.82 Å². The van der Waals surface area contributed by atoms with Crippen molar-refractivity contribution in [2.75, 3.05) is 26.7 Å². The fraction of sp³-hybridized carbons (Fsp3) is 0.364. The molecule has 6 nitrogen and oxygen atoms in total. The number of carbonyl (C=O) groups is 1. The van der Waals surface area contributed by atoms with E-state index in [4.69, 9.17) is 10.5 Å². The molecule has 1 amide bonds. The average Bonchev–Trinajstić information content (AvgIpc) is 2.75. The first-order chi connectivity index (χ1) is 15.2. The second-order valence-corrected chi connectivity index (χ2v) is 7.93. The predicted molar refractivity (Wildman–Crippen MR) is 122 cm³/mol. The molecule has 0 unspecified atom stereocenters. The number of benzene rings is 2. The molecule has 174 valence electrons. The molecule has 0 aliphatic heterocycles. The summed E-state index contributed by atoms with van der Waals surface area (Å²) in [4.78, 5) is 16.2. The number of hydrogen-bond acceptors (Lipinski definition) is 4. The van der Waals surface area contributed by atoms with Crippen LogP contribution in [0.25, 0.3) is 0 Å². The number of aryl methyl sites for hydroxylation is 1. The minimum Gasteiger partial charge on any atom is -0.496 e. The van der Waals surface area contributed by atoms with Gasteiger partial charge in [-0.3, -0.25) is 10.1 Å². The molecule has 0 heterocycles. The summed E-state index contributed by atoms with van der Waals surface area (Å²) >= 11 is 3.40. The molecule has 10 heteroatoms. The van der Waals surface area contributed by atoms with E-state index in [0.717, 1.165) is 10.0 Å². The smallest absolute Gasteiger partial charge is 0.279 e. The van der Waals surface area contributed by atoms with E-state index in [1.807, 2.05) is 12.1 Å². The predicted octanol–water partition coefficient (Wildman–Crippen LogP) is 3.67. The summed E-state index contributed by atoms with van der Waals surface area (Å²) < 4.78 is 48.1. The topological polar surface area (TPSA) is 88.7 Å². The van der Waals surface area contributed by atoms with Crippen LogP contribution in [0.3, 0.4) is 0 Å². The van der Waals surface area contributed by atoms with E-state index in [1.165, 1.54) is 18.2 Å². The highest BCUT2D eigenvalue weighted by molar-refractivity contribution is 9.10. The van der Waals surface area contributed by atoms with Gasteiger partial charge in [-0.2, -0.15) is 0 Å². The fourth-order valence-corrected chi connectivity index (χ4v) is 3.42. The number of amides is 1. The van der Waals surface area contributed by atoms with Crippen LogP contribution in [-0.2, 0) is 12.8 Å². The molecule has 0 aliphatic rings. The molecule has 0 aromatic heterocycles. The van der Waals surface area contributed by atoms with Gasteiger partial charge >= 0.3 is 0 Å². The lowest BCUT2D eigenvalue weighted by molar-refractivity contribution is 0.0128. The van der Waals surface area contributed by atoms with E-state index < -0.39 is 36.7 Å². The highest BCUT2D eigenvalue weighted by Gasteiger charge is 2.28. The number of nitrogens with two attached hydrogens (primary N) is 1. The third kappa shape index (κ3) is 7.52. The maximum Gasteiger partial charge on any atom is 0.279 e. The summed E-state index contributed by atoms with van der Waals surface area (Å²) in [6.07, 6.45) is 0.615. The number of methoxy groups -OCH3 is 1. The number of hydrogen-bond donors (Lipinski definition) is 3. The molecule has 0 radical (unpaired) electrons. The first kappa shape index (κ1) is 25.7. The van der Waals surface area contributed by atoms with Crippen molar-refractivity contribution in [1.82, 2.24) is 10.6 Å². The number of carbonyl (C=O) groups excluding carboxylic acids is 1. The Morgan fingerprint density at radius 3 is 2.69 bits per heavy atom. The Bertz CT molecular complexity index is 970. The SMILES string of the molecule is CCNCC(F)(F)CN=C(N)NC(=O)c1cccc(F)c1CCc1cc(Br)ccc1OC. The summed E-state index contributed by atoms with van der Waals surface area (Å²) in [7, 11) is 1.54. The standard InChI is InChI=1S/C22H26BrF3N4O2/c1-3-28-12-22(25,26)13-29-21(27)30-20(31)17-5-4-6-18(24)16(17)9-7-14-11-15(23)8-10-19(14)32-2/h4-6,8,10-11,28H,3,7,9,12-13H2,1-2H3,(H3,27,29,30,31). The molecule has 0 spiro atoms. The normalized spacial score (nSPS) is 12.0. The van der Waals surface area contributed by atoms with Crippen LogP contribution < -0.4 is 21.1 Å². The molecule has 0 atom stereocenters. The molecule has 2 rings (SSSR count). The lowest BCUT2D eigenvalue weighted by atomic mass is 9.98.